The molecule has 16 heteroatoms. The highest BCUT2D eigenvalue weighted by Crippen LogP contribution is 2.30. The topological polar surface area (TPSA) is 189 Å². The van der Waals surface area contributed by atoms with Crippen LogP contribution < -0.4 is 16.6 Å². The van der Waals surface area contributed by atoms with Gasteiger partial charge in [0, 0.05) is 30.9 Å². The van der Waals surface area contributed by atoms with E-state index in [0.717, 1.165) is 15.7 Å². The highest BCUT2D eigenvalue weighted by Gasteiger charge is 2.40. The predicted molar refractivity (Wildman–Crippen MR) is 193 cm³/mol. The molecule has 1 aliphatic heterocycles. The summed E-state index contributed by atoms with van der Waals surface area (Å²) in [6.07, 6.45) is -2.57. The molecule has 1 fully saturated rings. The number of hydrogen-bond donors (Lipinski definition) is 1. The lowest BCUT2D eigenvalue weighted by molar-refractivity contribution is -0.161. The molecule has 4 atom stereocenters. The van der Waals surface area contributed by atoms with Crippen LogP contribution in [-0.4, -0.2) is 85.0 Å². The second-order valence-corrected chi connectivity index (χ2v) is 12.4. The van der Waals surface area contributed by atoms with Crippen molar-refractivity contribution in [3.8, 4) is 0 Å². The Labute approximate surface area is 315 Å². The molecule has 1 unspecified atom stereocenters. The minimum absolute atomic E-state index is 0.0308. The van der Waals surface area contributed by atoms with Crippen molar-refractivity contribution in [2.24, 2.45) is 0 Å². The molecule has 1 N–H and O–H groups in total. The third-order valence-corrected chi connectivity index (χ3v) is 8.29. The van der Waals surface area contributed by atoms with Gasteiger partial charge in [-0.2, -0.15) is 4.57 Å². The molecule has 1 aromatic heterocycles. The van der Waals surface area contributed by atoms with Gasteiger partial charge in [-0.05, 0) is 30.2 Å². The van der Waals surface area contributed by atoms with Crippen molar-refractivity contribution in [2.75, 3.05) is 33.7 Å². The summed E-state index contributed by atoms with van der Waals surface area (Å²) >= 11 is 0. The zero-order chi connectivity index (χ0) is 39.2. The second kappa shape index (κ2) is 19.9. The molecular weight excluding hydrogens is 718 g/mol. The maximum absolute atomic E-state index is 13.6. The fourth-order valence-electron chi connectivity index (χ4n) is 5.55. The Morgan fingerprint density at radius 2 is 1.47 bits per heavy atom. The molecule has 16 nitrogen and oxygen atoms in total. The molecule has 0 spiro atoms. The van der Waals surface area contributed by atoms with Crippen molar-refractivity contribution in [2.45, 2.75) is 51.0 Å². The Hall–Kier alpha value is -5.94. The van der Waals surface area contributed by atoms with E-state index in [-0.39, 0.29) is 50.6 Å². The van der Waals surface area contributed by atoms with Crippen LogP contribution in [0.15, 0.2) is 107 Å². The lowest BCUT2D eigenvalue weighted by Gasteiger charge is -2.20. The van der Waals surface area contributed by atoms with Crippen LogP contribution >= 0.6 is 0 Å². The molecule has 1 aliphatic rings. The summed E-state index contributed by atoms with van der Waals surface area (Å²) in [5.41, 5.74) is -0.0102. The lowest BCUT2D eigenvalue weighted by atomic mass is 10.2. The minimum Gasteiger partial charge on any atom is -0.459 e. The van der Waals surface area contributed by atoms with E-state index < -0.39 is 66.5 Å². The van der Waals surface area contributed by atoms with Crippen LogP contribution in [0.25, 0.3) is 0 Å². The third kappa shape index (κ3) is 11.3. The van der Waals surface area contributed by atoms with Gasteiger partial charge in [-0.25, -0.2) is 19.2 Å². The van der Waals surface area contributed by atoms with Gasteiger partial charge in [-0.15, -0.1) is 0 Å². The zero-order valence-corrected chi connectivity index (χ0v) is 30.2. The molecule has 1 amide bonds. The van der Waals surface area contributed by atoms with E-state index in [1.807, 2.05) is 12.1 Å². The molecule has 3 aromatic carbocycles. The molecule has 0 saturated carbocycles. The Morgan fingerprint density at radius 3 is 2.11 bits per heavy atom. The number of methoxy groups -OCH3 is 1. The zero-order valence-electron chi connectivity index (χ0n) is 30.2. The molecule has 55 heavy (non-hydrogen) atoms. The van der Waals surface area contributed by atoms with E-state index in [1.165, 1.54) is 32.4 Å². The number of hydrogen-bond acceptors (Lipinski definition) is 13. The van der Waals surface area contributed by atoms with E-state index in [4.69, 9.17) is 33.2 Å². The van der Waals surface area contributed by atoms with Crippen LogP contribution in [0, 0.1) is 6.92 Å². The third-order valence-electron chi connectivity index (χ3n) is 8.29. The molecule has 290 valence electrons. The normalized spacial score (nSPS) is 16.9. The SMILES string of the molecule is COCC(=O)O[C@H]1C[C@H](n2cc(C)c(=O)n(C(=O)c3ccccc3)c2=O)O[C@@H]1COCOCC(NC(=O)OCc1ccccc1)C(=O)OCc1ccccc1. The van der Waals surface area contributed by atoms with Gasteiger partial charge in [-0.3, -0.25) is 14.2 Å². The number of carbonyl (C=O) groups is 4. The van der Waals surface area contributed by atoms with E-state index in [2.05, 4.69) is 5.32 Å². The first-order valence-electron chi connectivity index (χ1n) is 17.3. The number of rotatable bonds is 17. The molecule has 0 bridgehead atoms. The van der Waals surface area contributed by atoms with Gasteiger partial charge >= 0.3 is 23.7 Å². The quantitative estimate of drug-likeness (QED) is 0.0717. The molecule has 0 radical (unpaired) electrons. The van der Waals surface area contributed by atoms with Gasteiger partial charge in [0.05, 0.1) is 13.2 Å². The van der Waals surface area contributed by atoms with Gasteiger partial charge in [-0.1, -0.05) is 78.9 Å². The highest BCUT2D eigenvalue weighted by atomic mass is 16.7. The van der Waals surface area contributed by atoms with E-state index in [0.29, 0.717) is 4.57 Å². The number of ether oxygens (including phenoxy) is 7. The molecular formula is C39H41N3O13. The largest absolute Gasteiger partial charge is 0.459 e. The smallest absolute Gasteiger partial charge is 0.408 e. The first-order valence-corrected chi connectivity index (χ1v) is 17.3. The number of aryl methyl sites for hydroxylation is 1. The van der Waals surface area contributed by atoms with Crippen molar-refractivity contribution in [1.82, 2.24) is 14.5 Å². The standard InChI is InChI=1S/C39H41N3O13/c1-26-19-41(39(48)42(35(26)44)36(45)29-16-10-5-11-17-29)33-18-31(55-34(43)24-49-2)32(54-33)23-51-25-50-22-30(37(46)52-20-27-12-6-3-7-13-27)40-38(47)53-21-28-14-8-4-9-15-28/h3-17,19,30-33H,18,20-25H2,1-2H3,(H,40,47)/t30?,31-,32+,33+/m0/s1. The van der Waals surface area contributed by atoms with Gasteiger partial charge in [0.15, 0.2) is 6.04 Å². The van der Waals surface area contributed by atoms with Gasteiger partial charge in [0.2, 0.25) is 0 Å². The lowest BCUT2D eigenvalue weighted by Crippen LogP contribution is -2.45. The second-order valence-electron chi connectivity index (χ2n) is 12.4. The maximum atomic E-state index is 13.6. The number of nitrogens with one attached hydrogen (secondary N) is 1. The summed E-state index contributed by atoms with van der Waals surface area (Å²) in [6.45, 7) is 0.0539. The fraction of sp³-hybridized carbons (Fsp3) is 0.333. The number of alkyl carbamates (subject to hydrolysis) is 1. The van der Waals surface area contributed by atoms with Crippen molar-refractivity contribution >= 4 is 23.9 Å². The minimum atomic E-state index is -1.27. The van der Waals surface area contributed by atoms with Crippen LogP contribution in [0.5, 0.6) is 0 Å². The van der Waals surface area contributed by atoms with E-state index in [9.17, 15) is 28.8 Å². The van der Waals surface area contributed by atoms with Crippen LogP contribution in [0.4, 0.5) is 4.79 Å². The molecule has 2 heterocycles. The molecule has 5 rings (SSSR count). The molecule has 0 aliphatic carbocycles. The number of carbonyl (C=O) groups excluding carboxylic acids is 4. The van der Waals surface area contributed by atoms with Gasteiger partial charge < -0.3 is 38.5 Å². The first kappa shape index (κ1) is 40.2. The summed E-state index contributed by atoms with van der Waals surface area (Å²) in [6, 6.07) is 24.6. The Morgan fingerprint density at radius 1 is 0.855 bits per heavy atom. The van der Waals surface area contributed by atoms with Crippen molar-refractivity contribution in [3.05, 3.63) is 140 Å². The summed E-state index contributed by atoms with van der Waals surface area (Å²) < 4.78 is 40.1. The van der Waals surface area contributed by atoms with Gasteiger partial charge in [0.25, 0.3) is 11.5 Å². The average molecular weight is 760 g/mol. The number of amides is 1. The number of nitrogens with zero attached hydrogens (tertiary/aromatic N) is 2. The predicted octanol–water partition coefficient (Wildman–Crippen LogP) is 2.88. The van der Waals surface area contributed by atoms with Crippen LogP contribution in [0.3, 0.4) is 0 Å². The van der Waals surface area contributed by atoms with Crippen LogP contribution in [-0.2, 0) is 56.0 Å². The maximum Gasteiger partial charge on any atom is 0.408 e. The van der Waals surface area contributed by atoms with Crippen molar-refractivity contribution in [1.29, 1.82) is 0 Å². The van der Waals surface area contributed by atoms with Crippen LogP contribution in [0.1, 0.15) is 39.7 Å². The first-order chi connectivity index (χ1) is 26.6. The Balaban J connectivity index is 1.22. The highest BCUT2D eigenvalue weighted by molar-refractivity contribution is 5.95. The number of benzene rings is 3. The summed E-state index contributed by atoms with van der Waals surface area (Å²) in [5, 5.41) is 2.47. The summed E-state index contributed by atoms with van der Waals surface area (Å²) in [5.74, 6) is -2.29. The molecule has 1 saturated heterocycles. The monoisotopic (exact) mass is 759 g/mol. The van der Waals surface area contributed by atoms with Crippen LogP contribution in [0.2, 0.25) is 0 Å². The number of esters is 2. The Kier molecular flexibility index (Phi) is 14.6. The Bertz CT molecular complexity index is 2020. The fourth-order valence-corrected chi connectivity index (χ4v) is 5.55. The van der Waals surface area contributed by atoms with E-state index >= 15 is 0 Å². The van der Waals surface area contributed by atoms with Gasteiger partial charge in [0.1, 0.15) is 45.0 Å². The average Bonchev–Trinajstić information content (AvgIpc) is 3.59. The molecule has 4 aromatic rings. The van der Waals surface area contributed by atoms with Crippen molar-refractivity contribution < 1.29 is 52.3 Å². The number of aromatic nitrogens is 2. The van der Waals surface area contributed by atoms with E-state index in [1.54, 1.807) is 66.7 Å². The van der Waals surface area contributed by atoms with Crippen molar-refractivity contribution in [3.63, 3.8) is 0 Å². The summed E-state index contributed by atoms with van der Waals surface area (Å²) in [4.78, 5) is 77.9. The summed E-state index contributed by atoms with van der Waals surface area (Å²) in [7, 11) is 1.32.